The fraction of sp³-hybridized carbons (Fsp3) is 0.419. The average molecular weight is 559 g/mol. The van der Waals surface area contributed by atoms with Crippen LogP contribution in [0.3, 0.4) is 0 Å². The predicted molar refractivity (Wildman–Crippen MR) is 163 cm³/mol. The lowest BCUT2D eigenvalue weighted by atomic mass is 9.99. The van der Waals surface area contributed by atoms with Gasteiger partial charge in [-0.1, -0.05) is 41.6 Å². The first-order chi connectivity index (χ1) is 18.8. The summed E-state index contributed by atoms with van der Waals surface area (Å²) in [7, 11) is 7.55. The van der Waals surface area contributed by atoms with Crippen molar-refractivity contribution >= 4 is 23.3 Å². The van der Waals surface area contributed by atoms with Crippen LogP contribution < -0.4 is 9.13 Å². The summed E-state index contributed by atoms with van der Waals surface area (Å²) >= 11 is 0. The van der Waals surface area contributed by atoms with Crippen LogP contribution >= 0.6 is 0 Å². The minimum atomic E-state index is 0. The number of benzene rings is 2. The van der Waals surface area contributed by atoms with Crippen LogP contribution in [0.25, 0.3) is 0 Å². The van der Waals surface area contributed by atoms with Crippen molar-refractivity contribution in [2.75, 3.05) is 0 Å². The molecule has 4 rings (SSSR count). The minimum Gasteiger partial charge on any atom is -0.358 e. The molecular weight excluding hydrogens is 512 g/mol. The zero-order valence-corrected chi connectivity index (χ0v) is 26.0. The van der Waals surface area contributed by atoms with Gasteiger partial charge in [-0.2, -0.15) is 0 Å². The first kappa shape index (κ1) is 33.1. The molecule has 0 saturated heterocycles. The van der Waals surface area contributed by atoms with E-state index in [0.29, 0.717) is 11.9 Å². The maximum Gasteiger partial charge on any atom is 0.403 e. The van der Waals surface area contributed by atoms with Crippen molar-refractivity contribution in [1.82, 2.24) is 19.6 Å². The summed E-state index contributed by atoms with van der Waals surface area (Å²) in [5.41, 5.74) is 7.06. The molecule has 4 aromatic rings. The van der Waals surface area contributed by atoms with E-state index in [2.05, 4.69) is 80.9 Å². The molecule has 220 valence electrons. The Balaban J connectivity index is 0.00000294. The highest BCUT2D eigenvalue weighted by atomic mass is 15.4. The Morgan fingerprint density at radius 1 is 0.610 bits per heavy atom. The van der Waals surface area contributed by atoms with Gasteiger partial charge < -0.3 is 14.9 Å². The number of azo groups is 2. The third kappa shape index (κ3) is 8.96. The zero-order chi connectivity index (χ0) is 27.8. The number of unbranched alkanes of at least 4 members (excludes halogenated alkanes) is 4. The van der Waals surface area contributed by atoms with Gasteiger partial charge in [-0.25, -0.2) is 9.13 Å². The summed E-state index contributed by atoms with van der Waals surface area (Å²) < 4.78 is 7.11. The predicted octanol–water partition coefficient (Wildman–Crippen LogP) is 6.89. The quantitative estimate of drug-likeness (QED) is 0.0820. The van der Waals surface area contributed by atoms with Gasteiger partial charge in [-0.3, -0.25) is 0 Å². The largest absolute Gasteiger partial charge is 0.403 e. The van der Waals surface area contributed by atoms with Gasteiger partial charge in [0.25, 0.3) is 0 Å². The molecular formula is C31H46N10. The van der Waals surface area contributed by atoms with Gasteiger partial charge >= 0.3 is 11.9 Å². The number of nitrogens with zero attached hydrogens (tertiary/aromatic N) is 10. The van der Waals surface area contributed by atoms with Gasteiger partial charge in [0.15, 0.2) is 0 Å². The standard InChI is InChI=1S/C29H40N10.2CH3/c1-22-18-26(32-34-28-36(3)20-30-38(28)5)16-14-24(22)12-10-8-7-9-11-13-25-15-17-27(19-23(25)2)33-35-29-37(4)21-31-39(29)6;;/h14-21H,7-13H2,1-6H3;2*1H3/q+2;2*-1. The van der Waals surface area contributed by atoms with E-state index in [4.69, 9.17) is 0 Å². The Morgan fingerprint density at radius 2 is 1.00 bits per heavy atom. The van der Waals surface area contributed by atoms with Crippen molar-refractivity contribution in [3.63, 3.8) is 0 Å². The normalized spacial score (nSPS) is 11.3. The van der Waals surface area contributed by atoms with Gasteiger partial charge in [0, 0.05) is 10.2 Å². The molecule has 0 aliphatic rings. The molecule has 0 atom stereocenters. The van der Waals surface area contributed by atoms with Crippen molar-refractivity contribution in [2.24, 2.45) is 48.6 Å². The summed E-state index contributed by atoms with van der Waals surface area (Å²) in [5.74, 6) is 1.42. The molecule has 0 bridgehead atoms. The lowest BCUT2D eigenvalue weighted by Gasteiger charge is -2.08. The third-order valence-corrected chi connectivity index (χ3v) is 7.06. The van der Waals surface area contributed by atoms with Crippen LogP contribution in [0.4, 0.5) is 23.3 Å². The Morgan fingerprint density at radius 3 is 1.34 bits per heavy atom. The summed E-state index contributed by atoms with van der Waals surface area (Å²) in [5, 5.41) is 25.8. The summed E-state index contributed by atoms with van der Waals surface area (Å²) in [4.78, 5) is 0. The maximum atomic E-state index is 4.39. The third-order valence-electron chi connectivity index (χ3n) is 7.06. The fourth-order valence-corrected chi connectivity index (χ4v) is 4.66. The summed E-state index contributed by atoms with van der Waals surface area (Å²) in [6.07, 6.45) is 11.8. The monoisotopic (exact) mass is 558 g/mol. The van der Waals surface area contributed by atoms with E-state index in [1.54, 1.807) is 22.0 Å². The topological polar surface area (TPSA) is 92.8 Å². The van der Waals surface area contributed by atoms with E-state index >= 15 is 0 Å². The van der Waals surface area contributed by atoms with Crippen LogP contribution in [0.15, 0.2) is 69.5 Å². The molecule has 2 heterocycles. The molecule has 0 saturated carbocycles. The SMILES string of the molecule is Cc1cc(N=Nc2n(C)nc[n+]2C)ccc1CCCCCCCc1ccc(N=Nc2n(C)nc[n+]2C)cc1C.[CH3-].[CH3-]. The first-order valence-electron chi connectivity index (χ1n) is 13.6. The van der Waals surface area contributed by atoms with Crippen molar-refractivity contribution in [3.05, 3.63) is 86.2 Å². The van der Waals surface area contributed by atoms with Crippen LogP contribution in [-0.2, 0) is 41.0 Å². The molecule has 0 N–H and O–H groups in total. The maximum absolute atomic E-state index is 4.39. The highest BCUT2D eigenvalue weighted by Crippen LogP contribution is 2.23. The number of aromatic nitrogens is 6. The van der Waals surface area contributed by atoms with E-state index in [1.165, 1.54) is 54.4 Å². The lowest BCUT2D eigenvalue weighted by molar-refractivity contribution is -0.659. The Hall–Kier alpha value is -4.08. The fourth-order valence-electron chi connectivity index (χ4n) is 4.66. The Bertz CT molecular complexity index is 1310. The molecule has 0 unspecified atom stereocenters. The van der Waals surface area contributed by atoms with Crippen molar-refractivity contribution < 1.29 is 9.13 Å². The molecule has 10 nitrogen and oxygen atoms in total. The number of aryl methyl sites for hydroxylation is 8. The highest BCUT2D eigenvalue weighted by Gasteiger charge is 2.12. The summed E-state index contributed by atoms with van der Waals surface area (Å²) in [6, 6.07) is 12.7. The molecule has 0 aliphatic heterocycles. The number of hydrogen-bond acceptors (Lipinski definition) is 6. The van der Waals surface area contributed by atoms with E-state index < -0.39 is 0 Å². The van der Waals surface area contributed by atoms with Crippen LogP contribution in [0.2, 0.25) is 0 Å². The van der Waals surface area contributed by atoms with Crippen molar-refractivity contribution in [2.45, 2.75) is 58.8 Å². The van der Waals surface area contributed by atoms with Gasteiger partial charge in [0.05, 0.1) is 39.6 Å². The molecule has 0 spiro atoms. The molecule has 10 heteroatoms. The smallest absolute Gasteiger partial charge is 0.358 e. The summed E-state index contributed by atoms with van der Waals surface area (Å²) in [6.45, 7) is 4.32. The van der Waals surface area contributed by atoms with Gasteiger partial charge in [-0.15, -0.1) is 9.36 Å². The van der Waals surface area contributed by atoms with Crippen molar-refractivity contribution in [1.29, 1.82) is 0 Å². The van der Waals surface area contributed by atoms with Crippen LogP contribution in [0.5, 0.6) is 0 Å². The second kappa shape index (κ2) is 15.6. The first-order valence-corrected chi connectivity index (χ1v) is 13.6. The van der Waals surface area contributed by atoms with E-state index in [1.807, 2.05) is 37.3 Å². The minimum absolute atomic E-state index is 0. The average Bonchev–Trinajstić information content (AvgIpc) is 3.41. The molecule has 0 aliphatic carbocycles. The molecule has 41 heavy (non-hydrogen) atoms. The van der Waals surface area contributed by atoms with Crippen LogP contribution in [-0.4, -0.2) is 19.6 Å². The second-order valence-electron chi connectivity index (χ2n) is 10.2. The van der Waals surface area contributed by atoms with Crippen LogP contribution in [0, 0.1) is 28.7 Å². The lowest BCUT2D eigenvalue weighted by Crippen LogP contribution is -2.25. The number of rotatable bonds is 12. The van der Waals surface area contributed by atoms with Crippen LogP contribution in [0.1, 0.15) is 54.4 Å². The van der Waals surface area contributed by atoms with Gasteiger partial charge in [0.1, 0.15) is 0 Å². The molecule has 2 aromatic carbocycles. The van der Waals surface area contributed by atoms with Crippen molar-refractivity contribution in [3.8, 4) is 0 Å². The molecule has 0 radical (unpaired) electrons. The van der Waals surface area contributed by atoms with Gasteiger partial charge in [-0.05, 0) is 96.2 Å². The highest BCUT2D eigenvalue weighted by molar-refractivity contribution is 5.44. The molecule has 0 amide bonds. The Labute approximate surface area is 245 Å². The van der Waals surface area contributed by atoms with E-state index in [-0.39, 0.29) is 14.9 Å². The molecule has 2 aromatic heterocycles. The zero-order valence-electron chi connectivity index (χ0n) is 26.0. The molecule has 0 fully saturated rings. The second-order valence-corrected chi connectivity index (χ2v) is 10.2. The van der Waals surface area contributed by atoms with E-state index in [9.17, 15) is 0 Å². The van der Waals surface area contributed by atoms with E-state index in [0.717, 1.165) is 24.2 Å². The number of hydrogen-bond donors (Lipinski definition) is 0. The van der Waals surface area contributed by atoms with Gasteiger partial charge in [0.2, 0.25) is 12.7 Å². The Kier molecular flexibility index (Phi) is 12.6.